The van der Waals surface area contributed by atoms with E-state index in [4.69, 9.17) is 15.5 Å². The number of aromatic nitrogens is 1. The summed E-state index contributed by atoms with van der Waals surface area (Å²) in [7, 11) is 5.87. The van der Waals surface area contributed by atoms with Crippen molar-refractivity contribution in [1.82, 2.24) is 9.88 Å². The van der Waals surface area contributed by atoms with Crippen molar-refractivity contribution in [2.75, 3.05) is 27.7 Å². The van der Waals surface area contributed by atoms with Gasteiger partial charge in [-0.25, -0.2) is 9.98 Å². The third-order valence-electron chi connectivity index (χ3n) is 5.55. The van der Waals surface area contributed by atoms with Crippen molar-refractivity contribution in [3.8, 4) is 5.88 Å². The van der Waals surface area contributed by atoms with Gasteiger partial charge in [0.25, 0.3) is 0 Å². The fraction of sp³-hybridized carbons (Fsp3) is 0.391. The van der Waals surface area contributed by atoms with E-state index in [1.807, 2.05) is 12.3 Å². The Labute approximate surface area is 166 Å². The molecule has 0 saturated carbocycles. The van der Waals surface area contributed by atoms with Gasteiger partial charge >= 0.3 is 0 Å². The van der Waals surface area contributed by atoms with Crippen LogP contribution in [0, 0.1) is 12.8 Å². The minimum atomic E-state index is -0.147. The highest BCUT2D eigenvalue weighted by atomic mass is 16.5. The number of hydrogen-bond acceptors (Lipinski definition) is 5. The lowest BCUT2D eigenvalue weighted by molar-refractivity contribution is 0.338. The summed E-state index contributed by atoms with van der Waals surface area (Å²) in [5, 5.41) is 1.97. The topological polar surface area (TPSA) is 63.7 Å². The van der Waals surface area contributed by atoms with Gasteiger partial charge in [-0.1, -0.05) is 19.1 Å². The smallest absolute Gasteiger partial charge is 0.215 e. The van der Waals surface area contributed by atoms with Gasteiger partial charge in [-0.3, -0.25) is 0 Å². The number of nitrogens with two attached hydrogens (primary N) is 1. The molecule has 2 atom stereocenters. The minimum absolute atomic E-state index is 0.147. The lowest BCUT2D eigenvalue weighted by atomic mass is 9.80. The predicted molar refractivity (Wildman–Crippen MR) is 112 cm³/mol. The molecule has 28 heavy (non-hydrogen) atoms. The quantitative estimate of drug-likeness (QED) is 0.865. The molecule has 1 aromatic heterocycles. The van der Waals surface area contributed by atoms with E-state index in [1.54, 1.807) is 7.11 Å². The molecular formula is C23H28N4O. The lowest BCUT2D eigenvalue weighted by Crippen LogP contribution is -2.27. The Bertz CT molecular complexity index is 1080. The highest BCUT2D eigenvalue weighted by Crippen LogP contribution is 2.40. The van der Waals surface area contributed by atoms with Crippen molar-refractivity contribution < 1.29 is 4.74 Å². The van der Waals surface area contributed by atoms with Crippen molar-refractivity contribution in [3.05, 3.63) is 69.0 Å². The predicted octanol–water partition coefficient (Wildman–Crippen LogP) is 1.87. The maximum Gasteiger partial charge on any atom is 0.215 e. The van der Waals surface area contributed by atoms with Crippen molar-refractivity contribution in [2.24, 2.45) is 16.6 Å². The summed E-state index contributed by atoms with van der Waals surface area (Å²) < 4.78 is 5.29. The number of aryl methyl sites for hydroxylation is 1. The Morgan fingerprint density at radius 3 is 2.79 bits per heavy atom. The van der Waals surface area contributed by atoms with Crippen LogP contribution in [0.4, 0.5) is 0 Å². The largest absolute Gasteiger partial charge is 0.481 e. The number of ether oxygens (including phenoxy) is 1. The molecule has 0 radical (unpaired) electrons. The van der Waals surface area contributed by atoms with Crippen LogP contribution < -0.4 is 21.0 Å². The van der Waals surface area contributed by atoms with E-state index in [0.717, 1.165) is 34.8 Å². The highest BCUT2D eigenvalue weighted by Gasteiger charge is 2.29. The molecule has 2 heterocycles. The first-order chi connectivity index (χ1) is 13.4. The van der Waals surface area contributed by atoms with E-state index in [-0.39, 0.29) is 6.04 Å². The monoisotopic (exact) mass is 376 g/mol. The molecule has 0 amide bonds. The van der Waals surface area contributed by atoms with Crippen LogP contribution in [0.2, 0.25) is 0 Å². The zero-order valence-corrected chi connectivity index (χ0v) is 17.3. The van der Waals surface area contributed by atoms with E-state index in [2.05, 4.69) is 56.0 Å². The number of rotatable bonds is 5. The molecule has 1 aliphatic heterocycles. The molecule has 2 aliphatic rings. The first kappa shape index (κ1) is 18.8. The molecule has 146 valence electrons. The van der Waals surface area contributed by atoms with Gasteiger partial charge in [-0.15, -0.1) is 0 Å². The van der Waals surface area contributed by atoms with Crippen LogP contribution in [0.3, 0.4) is 0 Å². The Morgan fingerprint density at radius 2 is 2.07 bits per heavy atom. The third-order valence-corrected chi connectivity index (χ3v) is 5.55. The van der Waals surface area contributed by atoms with Crippen molar-refractivity contribution in [3.63, 3.8) is 0 Å². The summed E-state index contributed by atoms with van der Waals surface area (Å²) in [5.74, 6) is 1.12. The number of pyridine rings is 1. The molecule has 2 aromatic rings. The number of methoxy groups -OCH3 is 1. The van der Waals surface area contributed by atoms with Gasteiger partial charge in [0.1, 0.15) is 0 Å². The van der Waals surface area contributed by atoms with Crippen LogP contribution in [-0.4, -0.2) is 37.6 Å². The Kier molecular flexibility index (Phi) is 4.81. The molecule has 1 aliphatic carbocycles. The second-order valence-electron chi connectivity index (χ2n) is 8.21. The summed E-state index contributed by atoms with van der Waals surface area (Å²) in [6, 6.07) is 6.22. The molecule has 5 nitrogen and oxygen atoms in total. The third kappa shape index (κ3) is 3.15. The zero-order valence-electron chi connectivity index (χ0n) is 17.3. The van der Waals surface area contributed by atoms with Gasteiger partial charge < -0.3 is 15.4 Å². The molecule has 2 N–H and O–H groups in total. The molecule has 0 saturated heterocycles. The van der Waals surface area contributed by atoms with Crippen LogP contribution in [0.15, 0.2) is 41.2 Å². The van der Waals surface area contributed by atoms with Gasteiger partial charge in [-0.05, 0) is 61.7 Å². The molecule has 0 bridgehead atoms. The number of benzene rings is 1. The SMILES string of the molecule is COc1cc2c(cn1)=C1C(=C[C@@H](N)c3c(C)ccc(C[C@H](C)CN(C)C)c31)N=2. The molecule has 5 heteroatoms. The second-order valence-corrected chi connectivity index (χ2v) is 8.21. The summed E-state index contributed by atoms with van der Waals surface area (Å²) >= 11 is 0. The lowest BCUT2D eigenvalue weighted by Gasteiger charge is -2.27. The maximum atomic E-state index is 6.58. The van der Waals surface area contributed by atoms with Gasteiger partial charge in [0, 0.05) is 29.6 Å². The summed E-state index contributed by atoms with van der Waals surface area (Å²) in [5.41, 5.74) is 13.7. The molecule has 0 fully saturated rings. The van der Waals surface area contributed by atoms with Gasteiger partial charge in [0.2, 0.25) is 5.88 Å². The molecule has 1 aromatic carbocycles. The van der Waals surface area contributed by atoms with Gasteiger partial charge in [-0.2, -0.15) is 0 Å². The number of fused-ring (bicyclic) bond motifs is 4. The van der Waals surface area contributed by atoms with E-state index in [0.29, 0.717) is 11.8 Å². The fourth-order valence-electron chi connectivity index (χ4n) is 4.51. The number of hydrogen-bond donors (Lipinski definition) is 1. The minimum Gasteiger partial charge on any atom is -0.481 e. The molecule has 4 rings (SSSR count). The summed E-state index contributed by atoms with van der Waals surface area (Å²) in [6.07, 6.45) is 4.96. The van der Waals surface area contributed by atoms with Crippen LogP contribution in [-0.2, 0) is 6.42 Å². The average molecular weight is 377 g/mol. The maximum absolute atomic E-state index is 6.58. The second kappa shape index (κ2) is 7.15. The average Bonchev–Trinajstić information content (AvgIpc) is 2.99. The van der Waals surface area contributed by atoms with E-state index in [1.165, 1.54) is 22.3 Å². The standard InChI is InChI=1S/C23H28N4O/c1-13(12-27(3)4)8-15-7-6-14(2)21-17(24)9-19-23(22(15)21)16-11-25-20(28-5)10-18(16)26-19/h6-7,9-11,13,17H,8,12,24H2,1-5H3/t13-,17+/m0/s1. The molecule has 0 spiro atoms. The Hall–Kier alpha value is -2.50. The van der Waals surface area contributed by atoms with E-state index in [9.17, 15) is 0 Å². The van der Waals surface area contributed by atoms with Crippen molar-refractivity contribution in [2.45, 2.75) is 26.3 Å². The molecule has 0 unspecified atom stereocenters. The van der Waals surface area contributed by atoms with Crippen LogP contribution in [0.1, 0.15) is 35.2 Å². The van der Waals surface area contributed by atoms with Gasteiger partial charge in [0.05, 0.1) is 24.2 Å². The Morgan fingerprint density at radius 1 is 1.29 bits per heavy atom. The van der Waals surface area contributed by atoms with Crippen LogP contribution in [0.5, 0.6) is 5.88 Å². The summed E-state index contributed by atoms with van der Waals surface area (Å²) in [4.78, 5) is 11.5. The zero-order chi connectivity index (χ0) is 20.0. The Balaban J connectivity index is 1.94. The first-order valence-corrected chi connectivity index (χ1v) is 9.77. The normalized spacial score (nSPS) is 18.2. The van der Waals surface area contributed by atoms with E-state index >= 15 is 0 Å². The number of allylic oxidation sites excluding steroid dienone is 1. The molecular weight excluding hydrogens is 348 g/mol. The van der Waals surface area contributed by atoms with E-state index < -0.39 is 0 Å². The fourth-order valence-corrected chi connectivity index (χ4v) is 4.51. The number of nitrogens with zero attached hydrogens (tertiary/aromatic N) is 3. The van der Waals surface area contributed by atoms with Crippen molar-refractivity contribution >= 4 is 5.57 Å². The van der Waals surface area contributed by atoms with Crippen LogP contribution >= 0.6 is 0 Å². The highest BCUT2D eigenvalue weighted by molar-refractivity contribution is 5.86. The van der Waals surface area contributed by atoms with Crippen molar-refractivity contribution in [1.29, 1.82) is 0 Å². The summed E-state index contributed by atoms with van der Waals surface area (Å²) in [6.45, 7) is 5.49. The first-order valence-electron chi connectivity index (χ1n) is 9.77. The van der Waals surface area contributed by atoms with Gasteiger partial charge in [0.15, 0.2) is 0 Å². The van der Waals surface area contributed by atoms with Crippen LogP contribution in [0.25, 0.3) is 5.57 Å².